The molecule has 0 aliphatic carbocycles. The fourth-order valence-electron chi connectivity index (χ4n) is 3.00. The van der Waals surface area contributed by atoms with Gasteiger partial charge in [0.2, 0.25) is 0 Å². The van der Waals surface area contributed by atoms with Crippen molar-refractivity contribution in [3.8, 4) is 11.8 Å². The quantitative estimate of drug-likeness (QED) is 0.804. The third-order valence-corrected chi connectivity index (χ3v) is 4.28. The highest BCUT2D eigenvalue weighted by molar-refractivity contribution is 6.17. The van der Waals surface area contributed by atoms with Crippen molar-refractivity contribution in [2.45, 2.75) is 25.8 Å². The molecule has 120 valence electrons. The van der Waals surface area contributed by atoms with Crippen LogP contribution in [-0.2, 0) is 5.54 Å². The summed E-state index contributed by atoms with van der Waals surface area (Å²) in [4.78, 5) is 17.3. The van der Waals surface area contributed by atoms with Crippen LogP contribution in [0.1, 0.15) is 47.3 Å². The largest absolute Gasteiger partial charge is 0.497 e. The first kappa shape index (κ1) is 15.9. The van der Waals surface area contributed by atoms with Crippen molar-refractivity contribution in [3.63, 3.8) is 0 Å². The highest BCUT2D eigenvalue weighted by atomic mass is 16.5. The summed E-state index contributed by atoms with van der Waals surface area (Å²) in [5.41, 5.74) is 3.64. The molecule has 0 atom stereocenters. The van der Waals surface area contributed by atoms with Crippen molar-refractivity contribution in [1.82, 2.24) is 0 Å². The number of rotatable bonds is 4. The lowest BCUT2D eigenvalue weighted by Gasteiger charge is -2.16. The second-order valence-corrected chi connectivity index (χ2v) is 6.32. The molecular weight excluding hydrogens is 300 g/mol. The van der Waals surface area contributed by atoms with Crippen molar-refractivity contribution in [3.05, 3.63) is 64.7 Å². The Hall–Kier alpha value is -2.93. The van der Waals surface area contributed by atoms with E-state index in [1.54, 1.807) is 31.4 Å². The molecule has 2 aromatic rings. The van der Waals surface area contributed by atoms with Crippen LogP contribution in [0.2, 0.25) is 0 Å². The predicted molar refractivity (Wildman–Crippen MR) is 92.7 cm³/mol. The number of hydrogen-bond donors (Lipinski definition) is 0. The van der Waals surface area contributed by atoms with Crippen molar-refractivity contribution >= 4 is 11.5 Å². The second kappa shape index (κ2) is 5.93. The minimum absolute atomic E-state index is 0.00953. The monoisotopic (exact) mass is 318 g/mol. The van der Waals surface area contributed by atoms with Crippen LogP contribution in [0.15, 0.2) is 47.5 Å². The first-order valence-electron chi connectivity index (χ1n) is 7.75. The molecule has 0 spiro atoms. The highest BCUT2D eigenvalue weighted by Gasteiger charge is 2.32. The SMILES string of the molecule is COc1ccc2c(c1)C(CC(=O)c1ccc(C#N)cc1)=NC2(C)C. The summed E-state index contributed by atoms with van der Waals surface area (Å²) in [6, 6.07) is 14.6. The number of ether oxygens (including phenoxy) is 1. The molecule has 0 unspecified atom stereocenters. The van der Waals surface area contributed by atoms with Gasteiger partial charge in [0.1, 0.15) is 5.75 Å². The summed E-state index contributed by atoms with van der Waals surface area (Å²) in [6.07, 6.45) is 0.232. The van der Waals surface area contributed by atoms with Gasteiger partial charge in [-0.2, -0.15) is 5.26 Å². The lowest BCUT2D eigenvalue weighted by Crippen LogP contribution is -2.10. The van der Waals surface area contributed by atoms with Gasteiger partial charge in [0.05, 0.1) is 36.4 Å². The minimum Gasteiger partial charge on any atom is -0.497 e. The topological polar surface area (TPSA) is 62.5 Å². The number of aliphatic imine (C=N–C) groups is 1. The molecule has 24 heavy (non-hydrogen) atoms. The summed E-state index contributed by atoms with van der Waals surface area (Å²) >= 11 is 0. The number of ketones is 1. The lowest BCUT2D eigenvalue weighted by atomic mass is 9.91. The molecule has 0 fully saturated rings. The number of nitriles is 1. The smallest absolute Gasteiger partial charge is 0.168 e. The van der Waals surface area contributed by atoms with Crippen molar-refractivity contribution in [2.24, 2.45) is 4.99 Å². The van der Waals surface area contributed by atoms with Crippen LogP contribution >= 0.6 is 0 Å². The van der Waals surface area contributed by atoms with Crippen LogP contribution in [-0.4, -0.2) is 18.6 Å². The lowest BCUT2D eigenvalue weighted by molar-refractivity contribution is 0.100. The Morgan fingerprint density at radius 1 is 1.21 bits per heavy atom. The van der Waals surface area contributed by atoms with Gasteiger partial charge in [-0.3, -0.25) is 9.79 Å². The van der Waals surface area contributed by atoms with E-state index in [0.29, 0.717) is 11.1 Å². The van der Waals surface area contributed by atoms with E-state index in [4.69, 9.17) is 15.0 Å². The first-order chi connectivity index (χ1) is 11.4. The molecule has 2 aromatic carbocycles. The summed E-state index contributed by atoms with van der Waals surface area (Å²) in [7, 11) is 1.63. The van der Waals surface area contributed by atoms with Crippen LogP contribution in [0.25, 0.3) is 0 Å². The van der Waals surface area contributed by atoms with Gasteiger partial charge in [0.15, 0.2) is 5.78 Å². The van der Waals surface area contributed by atoms with Crippen LogP contribution in [0, 0.1) is 11.3 Å². The fraction of sp³-hybridized carbons (Fsp3) is 0.250. The highest BCUT2D eigenvalue weighted by Crippen LogP contribution is 2.37. The number of methoxy groups -OCH3 is 1. The molecule has 4 heteroatoms. The third kappa shape index (κ3) is 2.81. The van der Waals surface area contributed by atoms with Gasteiger partial charge in [-0.05, 0) is 43.7 Å². The van der Waals surface area contributed by atoms with E-state index in [1.165, 1.54) is 0 Å². The zero-order chi connectivity index (χ0) is 17.3. The number of fused-ring (bicyclic) bond motifs is 1. The Balaban J connectivity index is 1.90. The Bertz CT molecular complexity index is 872. The van der Waals surface area contributed by atoms with Gasteiger partial charge in [0, 0.05) is 11.1 Å². The van der Waals surface area contributed by atoms with E-state index in [2.05, 4.69) is 6.07 Å². The van der Waals surface area contributed by atoms with Gasteiger partial charge in [-0.15, -0.1) is 0 Å². The van der Waals surface area contributed by atoms with Crippen LogP contribution in [0.5, 0.6) is 5.75 Å². The van der Waals surface area contributed by atoms with E-state index in [1.807, 2.05) is 32.0 Å². The first-order valence-corrected chi connectivity index (χ1v) is 7.75. The van der Waals surface area contributed by atoms with E-state index < -0.39 is 0 Å². The Kier molecular flexibility index (Phi) is 3.94. The predicted octanol–water partition coefficient (Wildman–Crippen LogP) is 3.88. The molecule has 0 radical (unpaired) electrons. The van der Waals surface area contributed by atoms with Gasteiger partial charge < -0.3 is 4.74 Å². The van der Waals surface area contributed by atoms with E-state index >= 15 is 0 Å². The van der Waals surface area contributed by atoms with Gasteiger partial charge in [-0.1, -0.05) is 18.2 Å². The van der Waals surface area contributed by atoms with Gasteiger partial charge in [-0.25, -0.2) is 0 Å². The molecule has 0 saturated carbocycles. The van der Waals surface area contributed by atoms with Crippen molar-refractivity contribution in [2.75, 3.05) is 7.11 Å². The average Bonchev–Trinajstić information content (AvgIpc) is 2.84. The molecule has 0 N–H and O–H groups in total. The molecular formula is C20H18N2O2. The number of carbonyl (C=O) groups is 1. The number of benzene rings is 2. The maximum absolute atomic E-state index is 12.6. The zero-order valence-electron chi connectivity index (χ0n) is 14.0. The van der Waals surface area contributed by atoms with Crippen LogP contribution < -0.4 is 4.74 Å². The summed E-state index contributed by atoms with van der Waals surface area (Å²) < 4.78 is 5.30. The van der Waals surface area contributed by atoms with E-state index in [-0.39, 0.29) is 17.7 Å². The standard InChI is InChI=1S/C20H18N2O2/c1-20(2)17-9-8-15(24-3)10-16(17)18(22-20)11-19(23)14-6-4-13(12-21)5-7-14/h4-10H,11H2,1-3H3. The summed E-state index contributed by atoms with van der Waals surface area (Å²) in [5, 5.41) is 8.85. The maximum atomic E-state index is 12.6. The van der Waals surface area contributed by atoms with E-state index in [9.17, 15) is 4.79 Å². The number of carbonyl (C=O) groups excluding carboxylic acids is 1. The zero-order valence-corrected chi connectivity index (χ0v) is 14.0. The molecule has 3 rings (SSSR count). The van der Waals surface area contributed by atoms with Crippen LogP contribution in [0.4, 0.5) is 0 Å². The Morgan fingerprint density at radius 3 is 2.54 bits per heavy atom. The molecule has 0 bridgehead atoms. The van der Waals surface area contributed by atoms with Crippen LogP contribution in [0.3, 0.4) is 0 Å². The number of Topliss-reactive ketones (excluding diaryl/α,β-unsaturated/α-hetero) is 1. The number of nitrogens with zero attached hydrogens (tertiary/aromatic N) is 2. The third-order valence-electron chi connectivity index (χ3n) is 4.28. The van der Waals surface area contributed by atoms with Gasteiger partial charge >= 0.3 is 0 Å². The summed E-state index contributed by atoms with van der Waals surface area (Å²) in [5.74, 6) is 0.745. The molecule has 1 aliphatic heterocycles. The Labute approximate surface area is 141 Å². The average molecular weight is 318 g/mol. The van der Waals surface area contributed by atoms with Crippen molar-refractivity contribution in [1.29, 1.82) is 5.26 Å². The number of hydrogen-bond acceptors (Lipinski definition) is 4. The fourth-order valence-corrected chi connectivity index (χ4v) is 3.00. The molecule has 0 aromatic heterocycles. The molecule has 1 heterocycles. The molecule has 4 nitrogen and oxygen atoms in total. The normalized spacial score (nSPS) is 14.5. The Morgan fingerprint density at radius 2 is 1.92 bits per heavy atom. The van der Waals surface area contributed by atoms with Gasteiger partial charge in [0.25, 0.3) is 0 Å². The minimum atomic E-state index is -0.345. The maximum Gasteiger partial charge on any atom is 0.168 e. The van der Waals surface area contributed by atoms with E-state index in [0.717, 1.165) is 22.6 Å². The summed E-state index contributed by atoms with van der Waals surface area (Å²) in [6.45, 7) is 4.08. The molecule has 0 amide bonds. The molecule has 1 aliphatic rings. The molecule has 0 saturated heterocycles. The second-order valence-electron chi connectivity index (χ2n) is 6.32. The van der Waals surface area contributed by atoms with Crippen molar-refractivity contribution < 1.29 is 9.53 Å².